The van der Waals surface area contributed by atoms with Gasteiger partial charge in [0.15, 0.2) is 0 Å². The van der Waals surface area contributed by atoms with Crippen molar-refractivity contribution in [1.82, 2.24) is 10.2 Å². The van der Waals surface area contributed by atoms with Crippen LogP contribution < -0.4 is 5.32 Å². The highest BCUT2D eigenvalue weighted by atomic mass is 15.1. The second kappa shape index (κ2) is 5.19. The predicted octanol–water partition coefficient (Wildman–Crippen LogP) is 2.04. The van der Waals surface area contributed by atoms with Crippen LogP contribution in [0.5, 0.6) is 0 Å². The molecule has 2 nitrogen and oxygen atoms in total. The van der Waals surface area contributed by atoms with Crippen molar-refractivity contribution in [2.24, 2.45) is 5.92 Å². The lowest BCUT2D eigenvalue weighted by Gasteiger charge is -2.28. The molecule has 1 saturated carbocycles. The Morgan fingerprint density at radius 2 is 2.00 bits per heavy atom. The van der Waals surface area contributed by atoms with Gasteiger partial charge in [-0.05, 0) is 42.9 Å². The van der Waals surface area contributed by atoms with Gasteiger partial charge in [-0.2, -0.15) is 0 Å². The average Bonchev–Trinajstić information content (AvgIpc) is 3.18. The molecule has 0 atom stereocenters. The SMILES string of the molecule is c1ccc2c(c1)CCN(CCNCC1CC1)C2. The van der Waals surface area contributed by atoms with E-state index in [9.17, 15) is 0 Å². The van der Waals surface area contributed by atoms with Crippen molar-refractivity contribution in [2.45, 2.75) is 25.8 Å². The Hall–Kier alpha value is -0.860. The molecule has 17 heavy (non-hydrogen) atoms. The van der Waals surface area contributed by atoms with Crippen molar-refractivity contribution in [3.8, 4) is 0 Å². The average molecular weight is 230 g/mol. The van der Waals surface area contributed by atoms with Gasteiger partial charge in [0, 0.05) is 26.2 Å². The summed E-state index contributed by atoms with van der Waals surface area (Å²) in [5, 5.41) is 3.58. The van der Waals surface area contributed by atoms with E-state index in [-0.39, 0.29) is 0 Å². The Balaban J connectivity index is 1.43. The number of fused-ring (bicyclic) bond motifs is 1. The summed E-state index contributed by atoms with van der Waals surface area (Å²) in [6.45, 7) is 5.95. The monoisotopic (exact) mass is 230 g/mol. The van der Waals surface area contributed by atoms with Crippen LogP contribution in [0.25, 0.3) is 0 Å². The summed E-state index contributed by atoms with van der Waals surface area (Å²) in [5.74, 6) is 0.997. The summed E-state index contributed by atoms with van der Waals surface area (Å²) in [4.78, 5) is 2.57. The number of nitrogens with zero attached hydrogens (tertiary/aromatic N) is 1. The normalized spacial score (nSPS) is 20.2. The third kappa shape index (κ3) is 3.08. The van der Waals surface area contributed by atoms with Gasteiger partial charge in [-0.15, -0.1) is 0 Å². The number of benzene rings is 1. The third-order valence-corrected chi connectivity index (χ3v) is 3.94. The fraction of sp³-hybridized carbons (Fsp3) is 0.600. The van der Waals surface area contributed by atoms with Crippen LogP contribution in [0.2, 0.25) is 0 Å². The van der Waals surface area contributed by atoms with Gasteiger partial charge in [0.2, 0.25) is 0 Å². The molecule has 1 fully saturated rings. The predicted molar refractivity (Wildman–Crippen MR) is 71.0 cm³/mol. The zero-order valence-corrected chi connectivity index (χ0v) is 10.5. The molecular formula is C15H22N2. The van der Waals surface area contributed by atoms with Crippen LogP contribution in [0, 0.1) is 5.92 Å². The van der Waals surface area contributed by atoms with Gasteiger partial charge in [0.05, 0.1) is 0 Å². The van der Waals surface area contributed by atoms with E-state index < -0.39 is 0 Å². The first-order valence-electron chi connectivity index (χ1n) is 6.91. The van der Waals surface area contributed by atoms with E-state index in [0.717, 1.165) is 19.0 Å². The lowest BCUT2D eigenvalue weighted by Crippen LogP contribution is -2.36. The first-order valence-corrected chi connectivity index (χ1v) is 6.91. The smallest absolute Gasteiger partial charge is 0.0237 e. The van der Waals surface area contributed by atoms with Gasteiger partial charge < -0.3 is 5.32 Å². The van der Waals surface area contributed by atoms with E-state index in [1.165, 1.54) is 44.5 Å². The highest BCUT2D eigenvalue weighted by molar-refractivity contribution is 5.28. The van der Waals surface area contributed by atoms with Gasteiger partial charge in [-0.25, -0.2) is 0 Å². The van der Waals surface area contributed by atoms with Crippen molar-refractivity contribution < 1.29 is 0 Å². The zero-order chi connectivity index (χ0) is 11.5. The summed E-state index contributed by atoms with van der Waals surface area (Å²) in [5.41, 5.74) is 3.08. The number of hydrogen-bond acceptors (Lipinski definition) is 2. The molecule has 1 aromatic rings. The molecule has 1 heterocycles. The lowest BCUT2D eigenvalue weighted by molar-refractivity contribution is 0.253. The van der Waals surface area contributed by atoms with Gasteiger partial charge in [0.25, 0.3) is 0 Å². The molecule has 0 amide bonds. The molecule has 0 saturated heterocycles. The van der Waals surface area contributed by atoms with E-state index in [1.807, 2.05) is 0 Å². The maximum absolute atomic E-state index is 3.58. The van der Waals surface area contributed by atoms with E-state index >= 15 is 0 Å². The second-order valence-electron chi connectivity index (χ2n) is 5.44. The van der Waals surface area contributed by atoms with Gasteiger partial charge in [0.1, 0.15) is 0 Å². The Labute approximate surface area is 104 Å². The van der Waals surface area contributed by atoms with Crippen molar-refractivity contribution in [1.29, 1.82) is 0 Å². The van der Waals surface area contributed by atoms with E-state index in [4.69, 9.17) is 0 Å². The molecule has 0 bridgehead atoms. The van der Waals surface area contributed by atoms with Gasteiger partial charge in [-0.1, -0.05) is 24.3 Å². The van der Waals surface area contributed by atoms with Gasteiger partial charge >= 0.3 is 0 Å². The van der Waals surface area contributed by atoms with Crippen LogP contribution in [0.1, 0.15) is 24.0 Å². The lowest BCUT2D eigenvalue weighted by atomic mass is 10.00. The Morgan fingerprint density at radius 3 is 2.82 bits per heavy atom. The molecule has 0 unspecified atom stereocenters. The summed E-state index contributed by atoms with van der Waals surface area (Å²) in [6, 6.07) is 8.87. The molecule has 1 aromatic carbocycles. The highest BCUT2D eigenvalue weighted by Crippen LogP contribution is 2.27. The van der Waals surface area contributed by atoms with Crippen molar-refractivity contribution in [3.05, 3.63) is 35.4 Å². The molecule has 3 rings (SSSR count). The topological polar surface area (TPSA) is 15.3 Å². The van der Waals surface area contributed by atoms with Crippen molar-refractivity contribution in [3.63, 3.8) is 0 Å². The van der Waals surface area contributed by atoms with E-state index in [2.05, 4.69) is 34.5 Å². The Morgan fingerprint density at radius 1 is 1.18 bits per heavy atom. The minimum atomic E-state index is 0.997. The quantitative estimate of drug-likeness (QED) is 0.779. The minimum absolute atomic E-state index is 0.997. The maximum atomic E-state index is 3.58. The maximum Gasteiger partial charge on any atom is 0.0237 e. The highest BCUT2D eigenvalue weighted by Gasteiger charge is 2.20. The molecule has 1 aliphatic carbocycles. The fourth-order valence-corrected chi connectivity index (χ4v) is 2.61. The first kappa shape index (κ1) is 11.2. The molecular weight excluding hydrogens is 208 g/mol. The minimum Gasteiger partial charge on any atom is -0.315 e. The van der Waals surface area contributed by atoms with Crippen LogP contribution in [0.3, 0.4) is 0 Å². The molecule has 2 heteroatoms. The molecule has 0 spiro atoms. The molecule has 0 radical (unpaired) electrons. The van der Waals surface area contributed by atoms with E-state index in [1.54, 1.807) is 5.56 Å². The van der Waals surface area contributed by atoms with Gasteiger partial charge in [-0.3, -0.25) is 4.90 Å². The molecule has 1 N–H and O–H groups in total. The van der Waals surface area contributed by atoms with Crippen LogP contribution in [-0.2, 0) is 13.0 Å². The Kier molecular flexibility index (Phi) is 3.44. The summed E-state index contributed by atoms with van der Waals surface area (Å²) >= 11 is 0. The fourth-order valence-electron chi connectivity index (χ4n) is 2.61. The van der Waals surface area contributed by atoms with Crippen molar-refractivity contribution >= 4 is 0 Å². The number of rotatable bonds is 5. The van der Waals surface area contributed by atoms with Crippen LogP contribution in [0.15, 0.2) is 24.3 Å². The van der Waals surface area contributed by atoms with Crippen LogP contribution in [-0.4, -0.2) is 31.1 Å². The zero-order valence-electron chi connectivity index (χ0n) is 10.5. The number of nitrogens with one attached hydrogen (secondary N) is 1. The molecule has 2 aliphatic rings. The standard InChI is InChI=1S/C15H22N2/c1-2-4-15-12-17(9-7-14(15)3-1)10-8-16-11-13-5-6-13/h1-4,13,16H,5-12H2. The second-order valence-corrected chi connectivity index (χ2v) is 5.44. The van der Waals surface area contributed by atoms with Crippen LogP contribution in [0.4, 0.5) is 0 Å². The number of hydrogen-bond donors (Lipinski definition) is 1. The largest absolute Gasteiger partial charge is 0.315 e. The summed E-state index contributed by atoms with van der Waals surface area (Å²) < 4.78 is 0. The molecule has 1 aliphatic heterocycles. The van der Waals surface area contributed by atoms with Crippen molar-refractivity contribution in [2.75, 3.05) is 26.2 Å². The summed E-state index contributed by atoms with van der Waals surface area (Å²) in [6.07, 6.45) is 4.12. The van der Waals surface area contributed by atoms with Crippen LogP contribution >= 0.6 is 0 Å². The molecule has 0 aromatic heterocycles. The third-order valence-electron chi connectivity index (χ3n) is 3.94. The Bertz CT molecular complexity index is 371. The first-order chi connectivity index (χ1) is 8.42. The summed E-state index contributed by atoms with van der Waals surface area (Å²) in [7, 11) is 0. The van der Waals surface area contributed by atoms with E-state index in [0.29, 0.717) is 0 Å². The molecule has 92 valence electrons.